The van der Waals surface area contributed by atoms with Gasteiger partial charge in [-0.05, 0) is 30.7 Å². The Balaban J connectivity index is 1.76. The van der Waals surface area contributed by atoms with Crippen molar-refractivity contribution in [1.29, 1.82) is 0 Å². The molecule has 0 radical (unpaired) electrons. The van der Waals surface area contributed by atoms with Crippen molar-refractivity contribution in [2.75, 3.05) is 63.7 Å². The fourth-order valence-corrected chi connectivity index (χ4v) is 4.29. The van der Waals surface area contributed by atoms with E-state index in [2.05, 4.69) is 39.7 Å². The molecule has 2 heterocycles. The molecule has 3 rings (SSSR count). The van der Waals surface area contributed by atoms with Crippen molar-refractivity contribution in [1.82, 2.24) is 15.1 Å². The average Bonchev–Trinajstić information content (AvgIpc) is 3.32. The van der Waals surface area contributed by atoms with Gasteiger partial charge in [0.25, 0.3) is 0 Å². The van der Waals surface area contributed by atoms with Gasteiger partial charge in [0, 0.05) is 64.1 Å². The van der Waals surface area contributed by atoms with Crippen LogP contribution in [0.4, 0.5) is 5.69 Å². The van der Waals surface area contributed by atoms with E-state index in [4.69, 9.17) is 0 Å². The zero-order valence-corrected chi connectivity index (χ0v) is 19.1. The number of hydrogen-bond acceptors (Lipinski definition) is 4. The molecule has 1 unspecified atom stereocenters. The van der Waals surface area contributed by atoms with Crippen LogP contribution in [0.25, 0.3) is 0 Å². The molecule has 1 saturated heterocycles. The van der Waals surface area contributed by atoms with E-state index in [9.17, 15) is 9.59 Å². The lowest BCUT2D eigenvalue weighted by Gasteiger charge is -2.24. The van der Waals surface area contributed by atoms with Crippen molar-refractivity contribution in [3.8, 4) is 0 Å². The van der Waals surface area contributed by atoms with Gasteiger partial charge in [0.2, 0.25) is 11.8 Å². The van der Waals surface area contributed by atoms with Crippen molar-refractivity contribution < 1.29 is 9.59 Å². The Bertz CT molecular complexity index is 783. The Morgan fingerprint density at radius 1 is 1.33 bits per heavy atom. The number of likely N-dealkylation sites (tertiary alicyclic amines) is 1. The first-order valence-electron chi connectivity index (χ1n) is 10.6. The summed E-state index contributed by atoms with van der Waals surface area (Å²) in [6.45, 7) is 3.41. The number of aliphatic imine (C=N–C) groups is 1. The van der Waals surface area contributed by atoms with Gasteiger partial charge in [0.15, 0.2) is 5.96 Å². The lowest BCUT2D eigenvalue weighted by Crippen LogP contribution is -2.43. The Labute approximate surface area is 183 Å². The minimum absolute atomic E-state index is 0.0178. The molecule has 0 bridgehead atoms. The number of hydrogen-bond donors (Lipinski definition) is 1. The first kappa shape index (κ1) is 22.5. The first-order valence-corrected chi connectivity index (χ1v) is 12.0. The second-order valence-electron chi connectivity index (χ2n) is 7.99. The fourth-order valence-electron chi connectivity index (χ4n) is 3.98. The minimum Gasteiger partial charge on any atom is -0.355 e. The van der Waals surface area contributed by atoms with Crippen LogP contribution in [0, 0.1) is 0 Å². The van der Waals surface area contributed by atoms with E-state index in [-0.39, 0.29) is 18.4 Å². The smallest absolute Gasteiger partial charge is 0.243 e. The van der Waals surface area contributed by atoms with Crippen LogP contribution in [-0.2, 0) is 9.59 Å². The molecule has 1 fully saturated rings. The van der Waals surface area contributed by atoms with Gasteiger partial charge in [-0.25, -0.2) is 4.99 Å². The lowest BCUT2D eigenvalue weighted by molar-refractivity contribution is -0.128. The number of rotatable bonds is 8. The number of fused-ring (bicyclic) bond motifs is 1. The quantitative estimate of drug-likeness (QED) is 0.387. The van der Waals surface area contributed by atoms with Crippen LogP contribution in [0.5, 0.6) is 0 Å². The predicted molar refractivity (Wildman–Crippen MR) is 124 cm³/mol. The highest BCUT2D eigenvalue weighted by Crippen LogP contribution is 2.38. The molecule has 1 aromatic carbocycles. The zero-order chi connectivity index (χ0) is 21.5. The van der Waals surface area contributed by atoms with Crippen LogP contribution in [0.2, 0.25) is 0 Å². The Morgan fingerprint density at radius 2 is 2.13 bits per heavy atom. The molecule has 164 valence electrons. The van der Waals surface area contributed by atoms with Crippen LogP contribution in [0.3, 0.4) is 0 Å². The van der Waals surface area contributed by atoms with E-state index in [1.807, 2.05) is 11.0 Å². The number of likely N-dealkylation sites (N-methyl/N-ethyl adjacent to an activating group) is 1. The van der Waals surface area contributed by atoms with E-state index in [1.54, 1.807) is 30.8 Å². The minimum atomic E-state index is -0.0178. The summed E-state index contributed by atoms with van der Waals surface area (Å²) >= 11 is 1.78. The number of para-hydroxylation sites is 1. The van der Waals surface area contributed by atoms with Crippen LogP contribution >= 0.6 is 11.8 Å². The molecular weight excluding hydrogens is 398 g/mol. The lowest BCUT2D eigenvalue weighted by atomic mass is 9.98. The van der Waals surface area contributed by atoms with Crippen molar-refractivity contribution in [3.05, 3.63) is 29.8 Å². The summed E-state index contributed by atoms with van der Waals surface area (Å²) in [6.07, 6.45) is 4.68. The molecule has 1 aromatic rings. The van der Waals surface area contributed by atoms with Crippen molar-refractivity contribution >= 4 is 35.2 Å². The van der Waals surface area contributed by atoms with Crippen molar-refractivity contribution in [2.45, 2.75) is 25.2 Å². The summed E-state index contributed by atoms with van der Waals surface area (Å²) in [5, 5.41) is 3.44. The maximum Gasteiger partial charge on any atom is 0.243 e. The van der Waals surface area contributed by atoms with Gasteiger partial charge < -0.3 is 20.0 Å². The monoisotopic (exact) mass is 431 g/mol. The molecule has 30 heavy (non-hydrogen) atoms. The van der Waals surface area contributed by atoms with Crippen LogP contribution in [0.15, 0.2) is 29.3 Å². The van der Waals surface area contributed by atoms with Crippen LogP contribution < -0.4 is 10.2 Å². The summed E-state index contributed by atoms with van der Waals surface area (Å²) in [4.78, 5) is 34.5. The van der Waals surface area contributed by atoms with E-state index in [0.717, 1.165) is 56.4 Å². The number of guanidine groups is 1. The highest BCUT2D eigenvalue weighted by Gasteiger charge is 2.32. The predicted octanol–water partition coefficient (Wildman–Crippen LogP) is 2.00. The van der Waals surface area contributed by atoms with Gasteiger partial charge in [-0.2, -0.15) is 11.8 Å². The van der Waals surface area contributed by atoms with Gasteiger partial charge in [0.1, 0.15) is 6.54 Å². The summed E-state index contributed by atoms with van der Waals surface area (Å²) in [5.74, 6) is 2.33. The van der Waals surface area contributed by atoms with Gasteiger partial charge in [0.05, 0.1) is 0 Å². The van der Waals surface area contributed by atoms with Gasteiger partial charge in [-0.3, -0.25) is 9.59 Å². The third-order valence-corrected chi connectivity index (χ3v) is 6.31. The third-order valence-electron chi connectivity index (χ3n) is 5.70. The second kappa shape index (κ2) is 10.7. The van der Waals surface area contributed by atoms with Crippen molar-refractivity contribution in [3.63, 3.8) is 0 Å². The number of nitrogens with zero attached hydrogens (tertiary/aromatic N) is 4. The van der Waals surface area contributed by atoms with Gasteiger partial charge >= 0.3 is 0 Å². The zero-order valence-electron chi connectivity index (χ0n) is 18.3. The topological polar surface area (TPSA) is 68.2 Å². The fraction of sp³-hybridized carbons (Fsp3) is 0.591. The first-order chi connectivity index (χ1) is 14.5. The maximum absolute atomic E-state index is 12.1. The molecular formula is C22H33N5O2S. The van der Waals surface area contributed by atoms with Gasteiger partial charge in [-0.1, -0.05) is 18.2 Å². The number of nitrogens with one attached hydrogen (secondary N) is 1. The summed E-state index contributed by atoms with van der Waals surface area (Å²) < 4.78 is 0. The van der Waals surface area contributed by atoms with E-state index in [1.165, 1.54) is 5.56 Å². The van der Waals surface area contributed by atoms with E-state index >= 15 is 0 Å². The summed E-state index contributed by atoms with van der Waals surface area (Å²) in [5.41, 5.74) is 2.44. The Hall–Kier alpha value is -2.22. The van der Waals surface area contributed by atoms with Crippen molar-refractivity contribution in [2.24, 2.45) is 4.99 Å². The summed E-state index contributed by atoms with van der Waals surface area (Å²) in [6, 6.07) is 8.42. The number of carbonyl (C=O) groups is 2. The number of thioether (sulfide) groups is 1. The van der Waals surface area contributed by atoms with Crippen LogP contribution in [-0.4, -0.2) is 86.4 Å². The molecule has 0 spiro atoms. The molecule has 7 nitrogen and oxygen atoms in total. The van der Waals surface area contributed by atoms with Gasteiger partial charge in [-0.15, -0.1) is 0 Å². The number of amides is 2. The highest BCUT2D eigenvalue weighted by atomic mass is 32.2. The summed E-state index contributed by atoms with van der Waals surface area (Å²) in [7, 11) is 3.50. The molecule has 2 aliphatic heterocycles. The molecule has 0 aromatic heterocycles. The third kappa shape index (κ3) is 5.47. The molecule has 0 saturated carbocycles. The maximum atomic E-state index is 12.1. The molecule has 1 N–H and O–H groups in total. The number of carbonyl (C=O) groups excluding carboxylic acids is 2. The highest BCUT2D eigenvalue weighted by molar-refractivity contribution is 7.98. The number of benzene rings is 1. The molecule has 8 heteroatoms. The molecule has 0 aliphatic carbocycles. The number of anilines is 1. The largest absolute Gasteiger partial charge is 0.355 e. The molecule has 2 amide bonds. The Morgan fingerprint density at radius 3 is 2.83 bits per heavy atom. The standard InChI is InChI=1S/C22H33N5O2S/c1-25(2)21(29)15-24-22(23-11-14-30-3)27-16-17(18-7-4-5-8-19(18)27)10-13-26-12-6-9-20(26)28/h4-5,7-8,17H,6,9-16H2,1-3H3,(H,23,24). The average molecular weight is 432 g/mol. The normalized spacial score (nSPS) is 18.7. The van der Waals surface area contributed by atoms with E-state index in [0.29, 0.717) is 12.3 Å². The second-order valence-corrected chi connectivity index (χ2v) is 8.97. The van der Waals surface area contributed by atoms with Crippen LogP contribution in [0.1, 0.15) is 30.7 Å². The SMILES string of the molecule is CSCCNC(=NCC(=O)N(C)C)N1CC(CCN2CCCC2=O)c2ccccc21. The van der Waals surface area contributed by atoms with E-state index < -0.39 is 0 Å². The molecule has 1 atom stereocenters. The molecule has 2 aliphatic rings. The Kier molecular flexibility index (Phi) is 8.01.